The second kappa shape index (κ2) is 6.41. The van der Waals surface area contributed by atoms with Crippen molar-refractivity contribution in [2.24, 2.45) is 0 Å². The number of carbonyl (C=O) groups is 1. The first kappa shape index (κ1) is 14.9. The predicted molar refractivity (Wildman–Crippen MR) is 86.4 cm³/mol. The molecule has 2 aliphatic heterocycles. The fraction of sp³-hybridized carbons (Fsp3) is 0.588. The van der Waals surface area contributed by atoms with Crippen LogP contribution in [-0.2, 0) is 9.53 Å². The van der Waals surface area contributed by atoms with Crippen LogP contribution in [0.25, 0.3) is 0 Å². The molecule has 2 atom stereocenters. The number of amides is 1. The lowest BCUT2D eigenvalue weighted by Gasteiger charge is -2.27. The van der Waals surface area contributed by atoms with E-state index in [0.29, 0.717) is 11.7 Å². The zero-order chi connectivity index (χ0) is 14.8. The smallest absolute Gasteiger partial charge is 0.233 e. The third-order valence-corrected chi connectivity index (χ3v) is 5.54. The second-order valence-electron chi connectivity index (χ2n) is 6.17. The van der Waals surface area contributed by atoms with Crippen molar-refractivity contribution in [1.29, 1.82) is 0 Å². The van der Waals surface area contributed by atoms with Gasteiger partial charge in [0.15, 0.2) is 0 Å². The van der Waals surface area contributed by atoms with Gasteiger partial charge in [0.1, 0.15) is 5.37 Å². The summed E-state index contributed by atoms with van der Waals surface area (Å²) in [6, 6.07) is 8.73. The van der Waals surface area contributed by atoms with Gasteiger partial charge in [-0.3, -0.25) is 4.79 Å². The van der Waals surface area contributed by atoms with Gasteiger partial charge in [-0.15, -0.1) is 11.8 Å². The van der Waals surface area contributed by atoms with Gasteiger partial charge in [0.05, 0.1) is 11.9 Å². The van der Waals surface area contributed by atoms with Gasteiger partial charge in [-0.05, 0) is 29.9 Å². The highest BCUT2D eigenvalue weighted by molar-refractivity contribution is 8.00. The van der Waals surface area contributed by atoms with Gasteiger partial charge in [-0.25, -0.2) is 0 Å². The first-order chi connectivity index (χ1) is 10.1. The molecular weight excluding hydrogens is 282 g/mol. The highest BCUT2D eigenvalue weighted by atomic mass is 32.2. The van der Waals surface area contributed by atoms with Gasteiger partial charge in [0.25, 0.3) is 0 Å². The fourth-order valence-electron chi connectivity index (χ4n) is 2.98. The van der Waals surface area contributed by atoms with E-state index in [2.05, 4.69) is 38.1 Å². The molecule has 1 aromatic carbocycles. The highest BCUT2D eigenvalue weighted by Crippen LogP contribution is 2.39. The molecule has 2 fully saturated rings. The number of rotatable bonds is 4. The van der Waals surface area contributed by atoms with E-state index in [4.69, 9.17) is 4.74 Å². The van der Waals surface area contributed by atoms with Crippen molar-refractivity contribution in [3.8, 4) is 0 Å². The number of ether oxygens (including phenoxy) is 1. The van der Waals surface area contributed by atoms with Crippen LogP contribution in [0.3, 0.4) is 0 Å². The van der Waals surface area contributed by atoms with E-state index in [1.165, 1.54) is 11.1 Å². The molecule has 0 bridgehead atoms. The van der Waals surface area contributed by atoms with E-state index in [1.807, 2.05) is 4.90 Å². The molecule has 114 valence electrons. The number of nitrogens with zero attached hydrogens (tertiary/aromatic N) is 1. The predicted octanol–water partition coefficient (Wildman–Crippen LogP) is 3.56. The van der Waals surface area contributed by atoms with Crippen LogP contribution < -0.4 is 0 Å². The Labute approximate surface area is 131 Å². The minimum atomic E-state index is 0.155. The Morgan fingerprint density at radius 3 is 2.71 bits per heavy atom. The van der Waals surface area contributed by atoms with Crippen LogP contribution in [0, 0.1) is 0 Å². The van der Waals surface area contributed by atoms with Gasteiger partial charge < -0.3 is 9.64 Å². The zero-order valence-electron chi connectivity index (χ0n) is 12.7. The molecule has 1 aromatic rings. The Hall–Kier alpha value is -1.00. The summed E-state index contributed by atoms with van der Waals surface area (Å²) in [6.07, 6.45) is 2.42. The Bertz CT molecular complexity index is 494. The van der Waals surface area contributed by atoms with Crippen LogP contribution in [0.2, 0.25) is 0 Å². The minimum Gasteiger partial charge on any atom is -0.376 e. The fourth-order valence-corrected chi connectivity index (χ4v) is 4.18. The summed E-state index contributed by atoms with van der Waals surface area (Å²) in [7, 11) is 0. The molecule has 3 rings (SSSR count). The maximum absolute atomic E-state index is 12.2. The van der Waals surface area contributed by atoms with Crippen molar-refractivity contribution < 1.29 is 9.53 Å². The molecule has 0 spiro atoms. The molecule has 4 heteroatoms. The Morgan fingerprint density at radius 1 is 1.33 bits per heavy atom. The summed E-state index contributed by atoms with van der Waals surface area (Å²) in [5.74, 6) is 1.37. The van der Waals surface area contributed by atoms with Crippen molar-refractivity contribution in [3.05, 3.63) is 35.4 Å². The molecule has 0 aliphatic carbocycles. The highest BCUT2D eigenvalue weighted by Gasteiger charge is 2.35. The summed E-state index contributed by atoms with van der Waals surface area (Å²) >= 11 is 1.73. The average molecular weight is 305 g/mol. The maximum Gasteiger partial charge on any atom is 0.233 e. The Kier molecular flexibility index (Phi) is 4.55. The van der Waals surface area contributed by atoms with Crippen molar-refractivity contribution in [2.75, 3.05) is 18.9 Å². The van der Waals surface area contributed by atoms with E-state index < -0.39 is 0 Å². The summed E-state index contributed by atoms with van der Waals surface area (Å²) in [4.78, 5) is 14.2. The van der Waals surface area contributed by atoms with E-state index in [9.17, 15) is 4.79 Å². The van der Waals surface area contributed by atoms with Crippen molar-refractivity contribution >= 4 is 17.7 Å². The summed E-state index contributed by atoms with van der Waals surface area (Å²) in [5, 5.41) is 0.155. The minimum absolute atomic E-state index is 0.155. The van der Waals surface area contributed by atoms with Gasteiger partial charge in [-0.2, -0.15) is 0 Å². The largest absolute Gasteiger partial charge is 0.376 e. The van der Waals surface area contributed by atoms with Crippen LogP contribution >= 0.6 is 11.8 Å². The van der Waals surface area contributed by atoms with Crippen molar-refractivity contribution in [3.63, 3.8) is 0 Å². The topological polar surface area (TPSA) is 29.5 Å². The third kappa shape index (κ3) is 3.27. The normalized spacial score (nSPS) is 26.0. The summed E-state index contributed by atoms with van der Waals surface area (Å²) < 4.78 is 5.69. The molecule has 2 heterocycles. The van der Waals surface area contributed by atoms with Gasteiger partial charge in [-0.1, -0.05) is 38.1 Å². The van der Waals surface area contributed by atoms with Crippen LogP contribution in [-0.4, -0.2) is 35.8 Å². The molecule has 2 unspecified atom stereocenters. The monoisotopic (exact) mass is 305 g/mol. The quantitative estimate of drug-likeness (QED) is 0.852. The lowest BCUT2D eigenvalue weighted by molar-refractivity contribution is -0.129. The van der Waals surface area contributed by atoms with Gasteiger partial charge in [0.2, 0.25) is 5.91 Å². The first-order valence-corrected chi connectivity index (χ1v) is 8.82. The Morgan fingerprint density at radius 2 is 2.10 bits per heavy atom. The molecule has 2 aliphatic rings. The second-order valence-corrected chi connectivity index (χ2v) is 7.23. The first-order valence-electron chi connectivity index (χ1n) is 7.77. The molecule has 21 heavy (non-hydrogen) atoms. The maximum atomic E-state index is 12.2. The number of benzene rings is 1. The number of hydrogen-bond acceptors (Lipinski definition) is 3. The van der Waals surface area contributed by atoms with Crippen LogP contribution in [0.4, 0.5) is 0 Å². The summed E-state index contributed by atoms with van der Waals surface area (Å²) in [5.41, 5.74) is 2.58. The lowest BCUT2D eigenvalue weighted by atomic mass is 10.0. The van der Waals surface area contributed by atoms with E-state index in [-0.39, 0.29) is 17.4 Å². The van der Waals surface area contributed by atoms with E-state index in [1.54, 1.807) is 11.8 Å². The molecule has 0 saturated carbocycles. The molecule has 1 amide bonds. The number of hydrogen-bond donors (Lipinski definition) is 0. The SMILES string of the molecule is CC(C)c1ccc(C2SCC(=O)N2CC2CCCO2)cc1. The standard InChI is InChI=1S/C17H23NO2S/c1-12(2)13-5-7-14(8-6-13)17-18(16(19)11-21-17)10-15-4-3-9-20-15/h5-8,12,15,17H,3-4,9-11H2,1-2H3. The van der Waals surface area contributed by atoms with Crippen molar-refractivity contribution in [2.45, 2.75) is 44.1 Å². The van der Waals surface area contributed by atoms with Crippen molar-refractivity contribution in [1.82, 2.24) is 4.90 Å². The Balaban J connectivity index is 1.74. The number of carbonyl (C=O) groups excluding carboxylic acids is 1. The zero-order valence-corrected chi connectivity index (χ0v) is 13.6. The molecule has 2 saturated heterocycles. The van der Waals surface area contributed by atoms with Gasteiger partial charge in [0, 0.05) is 13.2 Å². The number of thioether (sulfide) groups is 1. The van der Waals surface area contributed by atoms with Gasteiger partial charge >= 0.3 is 0 Å². The average Bonchev–Trinajstić information content (AvgIpc) is 3.11. The molecule has 0 N–H and O–H groups in total. The van der Waals surface area contributed by atoms with Crippen LogP contribution in [0.15, 0.2) is 24.3 Å². The lowest BCUT2D eigenvalue weighted by Crippen LogP contribution is -2.35. The summed E-state index contributed by atoms with van der Waals surface area (Å²) in [6.45, 7) is 5.98. The van der Waals surface area contributed by atoms with Crippen LogP contribution in [0.1, 0.15) is 49.1 Å². The molecule has 0 radical (unpaired) electrons. The third-order valence-electron chi connectivity index (χ3n) is 4.28. The van der Waals surface area contributed by atoms with E-state index >= 15 is 0 Å². The molecule has 0 aromatic heterocycles. The molecular formula is C17H23NO2S. The van der Waals surface area contributed by atoms with Crippen LogP contribution in [0.5, 0.6) is 0 Å². The van der Waals surface area contributed by atoms with E-state index in [0.717, 1.165) is 26.0 Å². The molecule has 3 nitrogen and oxygen atoms in total.